The minimum absolute atomic E-state index is 0.133. The highest BCUT2D eigenvalue weighted by Crippen LogP contribution is 2.30. The molecule has 0 aliphatic carbocycles. The van der Waals surface area contributed by atoms with Crippen molar-refractivity contribution in [2.24, 2.45) is 0 Å². The Hall–Kier alpha value is -2.95. The van der Waals surface area contributed by atoms with E-state index in [2.05, 4.69) is 4.98 Å². The fourth-order valence-corrected chi connectivity index (χ4v) is 3.36. The highest BCUT2D eigenvalue weighted by Gasteiger charge is 2.40. The fourth-order valence-electron chi connectivity index (χ4n) is 3.36. The van der Waals surface area contributed by atoms with E-state index in [0.29, 0.717) is 6.54 Å². The fraction of sp³-hybridized carbons (Fsp3) is 0.211. The molecule has 0 unspecified atom stereocenters. The second-order valence-electron chi connectivity index (χ2n) is 6.04. The molecule has 1 fully saturated rings. The summed E-state index contributed by atoms with van der Waals surface area (Å²) in [6.45, 7) is 2.19. The van der Waals surface area contributed by atoms with Gasteiger partial charge >= 0.3 is 0 Å². The van der Waals surface area contributed by atoms with Crippen LogP contribution in [0.15, 0.2) is 54.6 Å². The number of fused-ring (bicyclic) bond motifs is 1. The summed E-state index contributed by atoms with van der Waals surface area (Å²) < 4.78 is 1.89. The van der Waals surface area contributed by atoms with Gasteiger partial charge in [0.2, 0.25) is 5.91 Å². The van der Waals surface area contributed by atoms with Crippen molar-refractivity contribution in [3.05, 3.63) is 66.0 Å². The lowest BCUT2D eigenvalue weighted by atomic mass is 10.2. The molecule has 1 saturated heterocycles. The van der Waals surface area contributed by atoms with E-state index in [4.69, 9.17) is 0 Å². The molecule has 0 spiro atoms. The van der Waals surface area contributed by atoms with Crippen LogP contribution in [0, 0.1) is 6.92 Å². The van der Waals surface area contributed by atoms with Crippen LogP contribution in [0.1, 0.15) is 23.9 Å². The SMILES string of the molecule is Cc1nc2ccccc2n1[C@@H]1CC(=O)N(Cc2ccccc2)C1=O. The van der Waals surface area contributed by atoms with Crippen LogP contribution >= 0.6 is 0 Å². The number of carbonyl (C=O) groups excluding carboxylic acids is 2. The van der Waals surface area contributed by atoms with E-state index in [0.717, 1.165) is 22.4 Å². The van der Waals surface area contributed by atoms with E-state index < -0.39 is 6.04 Å². The predicted octanol–water partition coefficient (Wildman–Crippen LogP) is 2.84. The molecule has 0 saturated carbocycles. The second kappa shape index (κ2) is 5.60. The first kappa shape index (κ1) is 14.6. The summed E-state index contributed by atoms with van der Waals surface area (Å²) >= 11 is 0. The van der Waals surface area contributed by atoms with Crippen molar-refractivity contribution in [2.45, 2.75) is 25.9 Å². The number of hydrogen-bond acceptors (Lipinski definition) is 3. The zero-order valence-corrected chi connectivity index (χ0v) is 13.3. The first-order valence-electron chi connectivity index (χ1n) is 7.97. The smallest absolute Gasteiger partial charge is 0.253 e. The van der Waals surface area contributed by atoms with E-state index in [9.17, 15) is 9.59 Å². The van der Waals surface area contributed by atoms with E-state index in [-0.39, 0.29) is 18.2 Å². The maximum absolute atomic E-state index is 12.9. The standard InChI is InChI=1S/C19H17N3O2/c1-13-20-15-9-5-6-10-16(15)22(13)17-11-18(23)21(19(17)24)12-14-7-3-2-4-8-14/h2-10,17H,11-12H2,1H3/t17-/m1/s1. The molecule has 24 heavy (non-hydrogen) atoms. The van der Waals surface area contributed by atoms with E-state index >= 15 is 0 Å². The number of rotatable bonds is 3. The maximum atomic E-state index is 12.9. The monoisotopic (exact) mass is 319 g/mol. The Kier molecular flexibility index (Phi) is 3.41. The van der Waals surface area contributed by atoms with Crippen LogP contribution in [-0.2, 0) is 16.1 Å². The van der Waals surface area contributed by atoms with E-state index in [1.807, 2.05) is 66.1 Å². The average Bonchev–Trinajstić information content (AvgIpc) is 3.06. The molecule has 2 amide bonds. The molecule has 5 heteroatoms. The highest BCUT2D eigenvalue weighted by molar-refractivity contribution is 6.05. The Morgan fingerprint density at radius 1 is 1.04 bits per heavy atom. The summed E-state index contributed by atoms with van der Waals surface area (Å²) in [5.74, 6) is 0.463. The summed E-state index contributed by atoms with van der Waals surface area (Å²) in [6.07, 6.45) is 0.187. The molecular formula is C19H17N3O2. The summed E-state index contributed by atoms with van der Waals surface area (Å²) in [5.41, 5.74) is 2.69. The molecule has 2 heterocycles. The molecule has 0 radical (unpaired) electrons. The van der Waals surface area contributed by atoms with Gasteiger partial charge in [-0.15, -0.1) is 0 Å². The molecule has 4 rings (SSSR count). The lowest BCUT2D eigenvalue weighted by Crippen LogP contribution is -2.31. The third kappa shape index (κ3) is 2.29. The molecular weight excluding hydrogens is 302 g/mol. The van der Waals surface area contributed by atoms with Gasteiger partial charge in [0.05, 0.1) is 24.0 Å². The number of nitrogens with zero attached hydrogens (tertiary/aromatic N) is 3. The maximum Gasteiger partial charge on any atom is 0.253 e. The Balaban J connectivity index is 1.69. The largest absolute Gasteiger partial charge is 0.315 e. The first-order valence-corrected chi connectivity index (χ1v) is 7.97. The number of carbonyl (C=O) groups is 2. The van der Waals surface area contributed by atoms with E-state index in [1.54, 1.807) is 0 Å². The number of amides is 2. The summed E-state index contributed by atoms with van der Waals surface area (Å²) in [5, 5.41) is 0. The van der Waals surface area contributed by atoms with Crippen molar-refractivity contribution < 1.29 is 9.59 Å². The van der Waals surface area contributed by atoms with Gasteiger partial charge in [0.1, 0.15) is 11.9 Å². The van der Waals surface area contributed by atoms with Crippen molar-refractivity contribution in [1.29, 1.82) is 0 Å². The molecule has 3 aromatic rings. The molecule has 1 atom stereocenters. The van der Waals surface area contributed by atoms with Crippen molar-refractivity contribution in [1.82, 2.24) is 14.5 Å². The zero-order valence-electron chi connectivity index (χ0n) is 13.3. The minimum atomic E-state index is -0.506. The van der Waals surface area contributed by atoms with Gasteiger partial charge < -0.3 is 4.57 Å². The number of imide groups is 1. The van der Waals surface area contributed by atoms with Gasteiger partial charge in [-0.05, 0) is 24.6 Å². The predicted molar refractivity (Wildman–Crippen MR) is 90.1 cm³/mol. The Bertz CT molecular complexity index is 930. The quantitative estimate of drug-likeness (QED) is 0.698. The number of imidazole rings is 1. The van der Waals surface area contributed by atoms with Crippen LogP contribution in [0.4, 0.5) is 0 Å². The topological polar surface area (TPSA) is 55.2 Å². The van der Waals surface area contributed by atoms with Crippen molar-refractivity contribution in [2.75, 3.05) is 0 Å². The minimum Gasteiger partial charge on any atom is -0.315 e. The Morgan fingerprint density at radius 3 is 2.54 bits per heavy atom. The van der Waals surface area contributed by atoms with Gasteiger partial charge in [0.15, 0.2) is 0 Å². The third-order valence-corrected chi connectivity index (χ3v) is 4.49. The highest BCUT2D eigenvalue weighted by atomic mass is 16.2. The number of benzene rings is 2. The van der Waals surface area contributed by atoms with Gasteiger partial charge in [-0.25, -0.2) is 4.98 Å². The van der Waals surface area contributed by atoms with Crippen LogP contribution in [0.2, 0.25) is 0 Å². The molecule has 5 nitrogen and oxygen atoms in total. The van der Waals surface area contributed by atoms with Gasteiger partial charge in [-0.2, -0.15) is 0 Å². The lowest BCUT2D eigenvalue weighted by Gasteiger charge is -2.16. The van der Waals surface area contributed by atoms with Crippen molar-refractivity contribution in [3.63, 3.8) is 0 Å². The molecule has 2 aromatic carbocycles. The van der Waals surface area contributed by atoms with Crippen LogP contribution in [0.3, 0.4) is 0 Å². The summed E-state index contributed by atoms with van der Waals surface area (Å²) in [6, 6.07) is 16.8. The molecule has 0 bridgehead atoms. The molecule has 1 aliphatic rings. The van der Waals surface area contributed by atoms with Crippen LogP contribution in [-0.4, -0.2) is 26.3 Å². The van der Waals surface area contributed by atoms with Gasteiger partial charge in [-0.1, -0.05) is 42.5 Å². The van der Waals surface area contributed by atoms with Gasteiger partial charge in [0, 0.05) is 0 Å². The second-order valence-corrected chi connectivity index (χ2v) is 6.04. The normalized spacial score (nSPS) is 17.9. The van der Waals surface area contributed by atoms with Crippen molar-refractivity contribution in [3.8, 4) is 0 Å². The number of likely N-dealkylation sites (tertiary alicyclic amines) is 1. The number of aryl methyl sites for hydroxylation is 1. The lowest BCUT2D eigenvalue weighted by molar-refractivity contribution is -0.139. The zero-order chi connectivity index (χ0) is 16.7. The van der Waals surface area contributed by atoms with E-state index in [1.165, 1.54) is 4.90 Å². The summed E-state index contributed by atoms with van der Waals surface area (Å²) in [7, 11) is 0. The van der Waals surface area contributed by atoms with Crippen LogP contribution < -0.4 is 0 Å². The van der Waals surface area contributed by atoms with Crippen LogP contribution in [0.5, 0.6) is 0 Å². The first-order chi connectivity index (χ1) is 11.6. The molecule has 0 N–H and O–H groups in total. The number of aromatic nitrogens is 2. The number of para-hydroxylation sites is 2. The van der Waals surface area contributed by atoms with Gasteiger partial charge in [0.25, 0.3) is 5.91 Å². The third-order valence-electron chi connectivity index (χ3n) is 4.49. The summed E-state index contributed by atoms with van der Waals surface area (Å²) in [4.78, 5) is 31.1. The molecule has 120 valence electrons. The Labute approximate surface area is 139 Å². The van der Waals surface area contributed by atoms with Gasteiger partial charge in [-0.3, -0.25) is 14.5 Å². The van der Waals surface area contributed by atoms with Crippen molar-refractivity contribution >= 4 is 22.8 Å². The molecule has 1 aromatic heterocycles. The average molecular weight is 319 g/mol. The van der Waals surface area contributed by atoms with Crippen LogP contribution in [0.25, 0.3) is 11.0 Å². The molecule has 1 aliphatic heterocycles. The number of hydrogen-bond donors (Lipinski definition) is 0. The Morgan fingerprint density at radius 2 is 1.75 bits per heavy atom.